The molecule has 0 radical (unpaired) electrons. The fourth-order valence-corrected chi connectivity index (χ4v) is 4.56. The maximum Gasteiger partial charge on any atom is 0.357 e. The first-order valence-electron chi connectivity index (χ1n) is 9.80. The second-order valence-electron chi connectivity index (χ2n) is 7.37. The topological polar surface area (TPSA) is 127 Å². The van der Waals surface area contributed by atoms with Gasteiger partial charge in [0.2, 0.25) is 10.0 Å². The van der Waals surface area contributed by atoms with E-state index in [4.69, 9.17) is 0 Å². The monoisotopic (exact) mass is 455 g/mol. The lowest BCUT2D eigenvalue weighted by Crippen LogP contribution is -2.27. The van der Waals surface area contributed by atoms with Gasteiger partial charge in [0.15, 0.2) is 5.69 Å². The normalized spacial score (nSPS) is 12.1. The summed E-state index contributed by atoms with van der Waals surface area (Å²) < 4.78 is 29.0. The number of rotatable bonds is 6. The van der Waals surface area contributed by atoms with Crippen LogP contribution >= 0.6 is 0 Å². The number of nitrogens with zero attached hydrogens (tertiary/aromatic N) is 5. The van der Waals surface area contributed by atoms with Crippen LogP contribution in [-0.4, -0.2) is 57.2 Å². The second-order valence-corrected chi connectivity index (χ2v) is 9.52. The van der Waals surface area contributed by atoms with Crippen molar-refractivity contribution in [1.29, 1.82) is 0 Å². The first-order chi connectivity index (χ1) is 15.1. The van der Waals surface area contributed by atoms with E-state index in [-0.39, 0.29) is 27.9 Å². The number of fused-ring (bicyclic) bond motifs is 2. The summed E-state index contributed by atoms with van der Waals surface area (Å²) in [7, 11) is -0.729. The zero-order valence-electron chi connectivity index (χ0n) is 17.7. The predicted molar refractivity (Wildman–Crippen MR) is 118 cm³/mol. The number of aromatic carboxylic acids is 1. The minimum absolute atomic E-state index is 0.0672. The second kappa shape index (κ2) is 7.84. The molecule has 0 fully saturated rings. The molecule has 0 spiro atoms. The van der Waals surface area contributed by atoms with E-state index in [2.05, 4.69) is 10.1 Å². The molecule has 0 aliphatic heterocycles. The van der Waals surface area contributed by atoms with Crippen molar-refractivity contribution < 1.29 is 18.3 Å². The summed E-state index contributed by atoms with van der Waals surface area (Å²) in [5.74, 6) is -0.777. The number of hydrogen-bond acceptors (Lipinski definition) is 6. The molecular formula is C21H21N5O5S. The molecule has 166 valence electrons. The van der Waals surface area contributed by atoms with E-state index in [1.807, 2.05) is 11.5 Å². The third kappa shape index (κ3) is 3.45. The van der Waals surface area contributed by atoms with Crippen molar-refractivity contribution in [1.82, 2.24) is 23.6 Å². The van der Waals surface area contributed by atoms with Crippen molar-refractivity contribution >= 4 is 37.8 Å². The standard InChI is InChI=1S/C21H21N5O5S/c1-4-25-17-10-9-13(32(30,31)24(2)3)11-16(17)22-18(25)12-26-20(27)15-8-6-5-7-14(15)19(23-26)21(28)29/h5-11H,4,12H2,1-3H3,(H,28,29). The molecule has 4 rings (SSSR count). The average Bonchev–Trinajstić information content (AvgIpc) is 3.11. The number of aromatic nitrogens is 4. The minimum atomic E-state index is -3.63. The Bertz CT molecular complexity index is 1540. The Hall–Kier alpha value is -3.57. The Balaban J connectivity index is 1.88. The van der Waals surface area contributed by atoms with Gasteiger partial charge in [-0.25, -0.2) is 27.2 Å². The molecule has 0 saturated heterocycles. The number of carboxylic acid groups (broad SMARTS) is 1. The van der Waals surface area contributed by atoms with Gasteiger partial charge in [0.1, 0.15) is 12.4 Å². The molecule has 0 unspecified atom stereocenters. The fourth-order valence-electron chi connectivity index (χ4n) is 3.64. The van der Waals surface area contributed by atoms with Gasteiger partial charge in [-0.05, 0) is 31.2 Å². The van der Waals surface area contributed by atoms with Crippen LogP contribution < -0.4 is 5.56 Å². The smallest absolute Gasteiger partial charge is 0.357 e. The summed E-state index contributed by atoms with van der Waals surface area (Å²) in [6.07, 6.45) is 0. The van der Waals surface area contributed by atoms with Crippen LogP contribution in [0.5, 0.6) is 0 Å². The van der Waals surface area contributed by atoms with Crippen molar-refractivity contribution in [3.63, 3.8) is 0 Å². The van der Waals surface area contributed by atoms with Crippen LogP contribution in [0.4, 0.5) is 0 Å². The summed E-state index contributed by atoms with van der Waals surface area (Å²) in [4.78, 5) is 29.3. The molecule has 0 atom stereocenters. The molecule has 10 nitrogen and oxygen atoms in total. The molecule has 0 bridgehead atoms. The first-order valence-corrected chi connectivity index (χ1v) is 11.2. The molecule has 1 N–H and O–H groups in total. The molecule has 11 heteroatoms. The third-order valence-corrected chi connectivity index (χ3v) is 7.07. The number of carboxylic acids is 1. The summed E-state index contributed by atoms with van der Waals surface area (Å²) in [5.41, 5.74) is 0.500. The Kier molecular flexibility index (Phi) is 5.31. The van der Waals surface area contributed by atoms with E-state index in [1.54, 1.807) is 30.3 Å². The van der Waals surface area contributed by atoms with Gasteiger partial charge in [-0.2, -0.15) is 5.10 Å². The number of aryl methyl sites for hydroxylation is 1. The van der Waals surface area contributed by atoms with Crippen LogP contribution in [0.15, 0.2) is 52.2 Å². The molecule has 0 aliphatic rings. The summed E-state index contributed by atoms with van der Waals surface area (Å²) in [6.45, 7) is 2.34. The maximum atomic E-state index is 13.0. The van der Waals surface area contributed by atoms with Gasteiger partial charge in [0.25, 0.3) is 5.56 Å². The molecular weight excluding hydrogens is 434 g/mol. The highest BCUT2D eigenvalue weighted by molar-refractivity contribution is 7.89. The Morgan fingerprint density at radius 1 is 1.12 bits per heavy atom. The molecule has 2 heterocycles. The number of hydrogen-bond donors (Lipinski definition) is 1. The number of imidazole rings is 1. The fraction of sp³-hybridized carbons (Fsp3) is 0.238. The van der Waals surface area contributed by atoms with Gasteiger partial charge in [-0.1, -0.05) is 18.2 Å². The molecule has 0 saturated carbocycles. The number of benzene rings is 2. The largest absolute Gasteiger partial charge is 0.476 e. The lowest BCUT2D eigenvalue weighted by molar-refractivity contribution is 0.0690. The summed E-state index contributed by atoms with van der Waals surface area (Å²) in [5, 5.41) is 14.2. The maximum absolute atomic E-state index is 13.0. The van der Waals surface area contributed by atoms with Gasteiger partial charge in [-0.15, -0.1) is 0 Å². The van der Waals surface area contributed by atoms with E-state index >= 15 is 0 Å². The van der Waals surface area contributed by atoms with E-state index in [9.17, 15) is 23.1 Å². The van der Waals surface area contributed by atoms with Crippen LogP contribution in [0.2, 0.25) is 0 Å². The van der Waals surface area contributed by atoms with Gasteiger partial charge < -0.3 is 9.67 Å². The van der Waals surface area contributed by atoms with E-state index < -0.39 is 21.6 Å². The summed E-state index contributed by atoms with van der Waals surface area (Å²) >= 11 is 0. The van der Waals surface area contributed by atoms with Crippen molar-refractivity contribution in [3.8, 4) is 0 Å². The van der Waals surface area contributed by atoms with Crippen molar-refractivity contribution in [2.45, 2.75) is 24.9 Å². The SMILES string of the molecule is CCn1c(Cn2nc(C(=O)O)c3ccccc3c2=O)nc2cc(S(=O)(=O)N(C)C)ccc21. The molecule has 32 heavy (non-hydrogen) atoms. The quantitative estimate of drug-likeness (QED) is 0.469. The Labute approximate surface area is 183 Å². The zero-order chi connectivity index (χ0) is 23.2. The van der Waals surface area contributed by atoms with Crippen molar-refractivity contribution in [2.24, 2.45) is 0 Å². The van der Waals surface area contributed by atoms with Crippen molar-refractivity contribution in [3.05, 3.63) is 64.3 Å². The van der Waals surface area contributed by atoms with Crippen LogP contribution in [0.1, 0.15) is 23.2 Å². The van der Waals surface area contributed by atoms with Crippen LogP contribution in [0, 0.1) is 0 Å². The molecule has 2 aromatic carbocycles. The molecule has 2 aromatic heterocycles. The highest BCUT2D eigenvalue weighted by Gasteiger charge is 2.21. The predicted octanol–water partition coefficient (Wildman–Crippen LogP) is 1.76. The third-order valence-electron chi connectivity index (χ3n) is 5.26. The van der Waals surface area contributed by atoms with Crippen LogP contribution in [-0.2, 0) is 23.1 Å². The molecule has 4 aromatic rings. The van der Waals surface area contributed by atoms with Gasteiger partial charge >= 0.3 is 5.97 Å². The number of carbonyl (C=O) groups is 1. The highest BCUT2D eigenvalue weighted by Crippen LogP contribution is 2.23. The number of sulfonamides is 1. The summed E-state index contributed by atoms with van der Waals surface area (Å²) in [6, 6.07) is 11.1. The van der Waals surface area contributed by atoms with Gasteiger partial charge in [0, 0.05) is 26.0 Å². The van der Waals surface area contributed by atoms with Gasteiger partial charge in [0.05, 0.1) is 21.3 Å². The lowest BCUT2D eigenvalue weighted by atomic mass is 10.1. The average molecular weight is 455 g/mol. The van der Waals surface area contributed by atoms with E-state index in [1.165, 1.54) is 26.2 Å². The van der Waals surface area contributed by atoms with E-state index in [0.29, 0.717) is 23.4 Å². The zero-order valence-corrected chi connectivity index (χ0v) is 18.5. The van der Waals surface area contributed by atoms with Crippen LogP contribution in [0.25, 0.3) is 21.8 Å². The van der Waals surface area contributed by atoms with Crippen LogP contribution in [0.3, 0.4) is 0 Å². The highest BCUT2D eigenvalue weighted by atomic mass is 32.2. The van der Waals surface area contributed by atoms with Gasteiger partial charge in [-0.3, -0.25) is 4.79 Å². The lowest BCUT2D eigenvalue weighted by Gasteiger charge is -2.11. The minimum Gasteiger partial charge on any atom is -0.476 e. The Morgan fingerprint density at radius 2 is 1.81 bits per heavy atom. The van der Waals surface area contributed by atoms with Crippen molar-refractivity contribution in [2.75, 3.05) is 14.1 Å². The molecule has 0 amide bonds. The molecule has 0 aliphatic carbocycles. The van der Waals surface area contributed by atoms with E-state index in [0.717, 1.165) is 8.99 Å². The Morgan fingerprint density at radius 3 is 2.44 bits per heavy atom. The first kappa shape index (κ1) is 21.7.